The first-order valence-electron chi connectivity index (χ1n) is 5.48. The molecule has 0 spiro atoms. The lowest BCUT2D eigenvalue weighted by molar-refractivity contribution is -0.139. The van der Waals surface area contributed by atoms with Gasteiger partial charge in [-0.25, -0.2) is 0 Å². The molecule has 0 aromatic heterocycles. The molecule has 0 saturated carbocycles. The molecule has 1 aromatic rings. The molecule has 2 N–H and O–H groups in total. The van der Waals surface area contributed by atoms with Crippen LogP contribution in [0.5, 0.6) is 0 Å². The monoisotopic (exact) mass is 273 g/mol. The molecular weight excluding hydrogens is 258 g/mol. The van der Waals surface area contributed by atoms with Crippen LogP contribution < -0.4 is 5.32 Å². The minimum atomic E-state index is -0.793. The number of rotatable bonds is 7. The highest BCUT2D eigenvalue weighted by Crippen LogP contribution is 2.22. The first-order chi connectivity index (χ1) is 8.13. The Morgan fingerprint density at radius 2 is 2.35 bits per heavy atom. The van der Waals surface area contributed by atoms with Gasteiger partial charge in [0.2, 0.25) is 0 Å². The Morgan fingerprint density at radius 1 is 1.59 bits per heavy atom. The molecule has 0 radical (unpaired) electrons. The van der Waals surface area contributed by atoms with Crippen LogP contribution >= 0.6 is 23.4 Å². The van der Waals surface area contributed by atoms with E-state index in [1.165, 1.54) is 0 Å². The highest BCUT2D eigenvalue weighted by atomic mass is 35.5. The van der Waals surface area contributed by atoms with Crippen LogP contribution in [0.25, 0.3) is 0 Å². The molecule has 3 nitrogen and oxygen atoms in total. The van der Waals surface area contributed by atoms with Gasteiger partial charge < -0.3 is 10.4 Å². The first-order valence-corrected chi connectivity index (χ1v) is 6.84. The fourth-order valence-corrected chi connectivity index (χ4v) is 2.64. The van der Waals surface area contributed by atoms with E-state index in [-0.39, 0.29) is 0 Å². The van der Waals surface area contributed by atoms with Gasteiger partial charge in [-0.2, -0.15) is 0 Å². The van der Waals surface area contributed by atoms with E-state index in [4.69, 9.17) is 16.7 Å². The van der Waals surface area contributed by atoms with Crippen LogP contribution in [0.1, 0.15) is 13.3 Å². The van der Waals surface area contributed by atoms with Gasteiger partial charge in [0.05, 0.1) is 0 Å². The Labute approximate surface area is 111 Å². The molecule has 5 heteroatoms. The fourth-order valence-electron chi connectivity index (χ4n) is 1.41. The van der Waals surface area contributed by atoms with Gasteiger partial charge in [0.1, 0.15) is 6.04 Å². The molecule has 0 bridgehead atoms. The van der Waals surface area contributed by atoms with Crippen molar-refractivity contribution in [2.45, 2.75) is 24.3 Å². The maximum atomic E-state index is 10.9. The average molecular weight is 274 g/mol. The van der Waals surface area contributed by atoms with Crippen molar-refractivity contribution in [2.75, 3.05) is 12.3 Å². The summed E-state index contributed by atoms with van der Waals surface area (Å²) in [5.74, 6) is -0.0387. The van der Waals surface area contributed by atoms with Crippen molar-refractivity contribution in [1.29, 1.82) is 0 Å². The van der Waals surface area contributed by atoms with Crippen molar-refractivity contribution in [3.8, 4) is 0 Å². The van der Waals surface area contributed by atoms with Crippen molar-refractivity contribution in [3.63, 3.8) is 0 Å². The lowest BCUT2D eigenvalue weighted by Gasteiger charge is -2.12. The molecule has 0 aliphatic heterocycles. The summed E-state index contributed by atoms with van der Waals surface area (Å²) in [6.07, 6.45) is 0.598. The smallest absolute Gasteiger partial charge is 0.320 e. The number of halogens is 1. The second kappa shape index (κ2) is 7.58. The molecule has 0 aliphatic rings. The highest BCUT2D eigenvalue weighted by molar-refractivity contribution is 7.99. The van der Waals surface area contributed by atoms with Gasteiger partial charge in [0.15, 0.2) is 0 Å². The normalized spacial score (nSPS) is 12.4. The third kappa shape index (κ3) is 5.44. The molecule has 94 valence electrons. The summed E-state index contributed by atoms with van der Waals surface area (Å²) in [5, 5.41) is 12.6. The largest absolute Gasteiger partial charge is 0.480 e. The third-order valence-corrected chi connectivity index (χ3v) is 3.48. The summed E-state index contributed by atoms with van der Waals surface area (Å²) in [6.45, 7) is 2.57. The van der Waals surface area contributed by atoms with Gasteiger partial charge in [0, 0.05) is 15.7 Å². The maximum Gasteiger partial charge on any atom is 0.320 e. The molecule has 17 heavy (non-hydrogen) atoms. The quantitative estimate of drug-likeness (QED) is 0.750. The molecule has 0 saturated heterocycles. The number of benzene rings is 1. The first kappa shape index (κ1) is 14.4. The summed E-state index contributed by atoms with van der Waals surface area (Å²) in [6, 6.07) is 7.11. The molecule has 0 amide bonds. The topological polar surface area (TPSA) is 49.3 Å². The zero-order valence-corrected chi connectivity index (χ0v) is 11.2. The van der Waals surface area contributed by atoms with Crippen molar-refractivity contribution < 1.29 is 9.90 Å². The molecule has 1 unspecified atom stereocenters. The summed E-state index contributed by atoms with van der Waals surface area (Å²) in [7, 11) is 0. The Morgan fingerprint density at radius 3 is 2.94 bits per heavy atom. The Hall–Kier alpha value is -0.710. The molecule has 0 aliphatic carbocycles. The number of carbonyl (C=O) groups is 1. The Balaban J connectivity index is 2.38. The summed E-state index contributed by atoms with van der Waals surface area (Å²) >= 11 is 7.49. The number of nitrogens with one attached hydrogen (secondary N) is 1. The Kier molecular flexibility index (Phi) is 6.40. The minimum Gasteiger partial charge on any atom is -0.480 e. The van der Waals surface area contributed by atoms with E-state index in [1.54, 1.807) is 11.8 Å². The van der Waals surface area contributed by atoms with Crippen LogP contribution in [0.15, 0.2) is 29.2 Å². The number of hydrogen-bond donors (Lipinski definition) is 2. The van der Waals surface area contributed by atoms with Crippen LogP contribution in [-0.4, -0.2) is 29.4 Å². The summed E-state index contributed by atoms with van der Waals surface area (Å²) < 4.78 is 0. The van der Waals surface area contributed by atoms with Crippen molar-refractivity contribution in [3.05, 3.63) is 29.3 Å². The average Bonchev–Trinajstić information content (AvgIpc) is 2.28. The molecular formula is C12H16ClNO2S. The van der Waals surface area contributed by atoms with Crippen LogP contribution in [0.3, 0.4) is 0 Å². The van der Waals surface area contributed by atoms with Gasteiger partial charge >= 0.3 is 5.97 Å². The molecule has 0 heterocycles. The lowest BCUT2D eigenvalue weighted by atomic mass is 10.2. The number of thioether (sulfide) groups is 1. The standard InChI is InChI=1S/C12H16ClNO2S/c1-2-14-11(12(15)16)6-7-17-10-5-3-4-9(13)8-10/h3-5,8,11,14H,2,6-7H2,1H3,(H,15,16). The van der Waals surface area contributed by atoms with E-state index in [0.717, 1.165) is 10.6 Å². The van der Waals surface area contributed by atoms with E-state index in [0.29, 0.717) is 18.0 Å². The van der Waals surface area contributed by atoms with Gasteiger partial charge in [-0.15, -0.1) is 11.8 Å². The molecule has 0 fully saturated rings. The zero-order valence-electron chi connectivity index (χ0n) is 9.65. The number of likely N-dealkylation sites (N-methyl/N-ethyl adjacent to an activating group) is 1. The van der Waals surface area contributed by atoms with Crippen LogP contribution in [0.4, 0.5) is 0 Å². The number of carboxylic acids is 1. The number of carboxylic acid groups (broad SMARTS) is 1. The van der Waals surface area contributed by atoms with Crippen LogP contribution in [0, 0.1) is 0 Å². The molecule has 1 rings (SSSR count). The van der Waals surface area contributed by atoms with Gasteiger partial charge in [0.25, 0.3) is 0 Å². The van der Waals surface area contributed by atoms with Crippen LogP contribution in [-0.2, 0) is 4.79 Å². The summed E-state index contributed by atoms with van der Waals surface area (Å²) in [5.41, 5.74) is 0. The van der Waals surface area contributed by atoms with E-state index < -0.39 is 12.0 Å². The van der Waals surface area contributed by atoms with Crippen molar-refractivity contribution in [2.24, 2.45) is 0 Å². The van der Waals surface area contributed by atoms with Gasteiger partial charge in [-0.05, 0) is 31.2 Å². The third-order valence-electron chi connectivity index (χ3n) is 2.22. The molecule has 1 aromatic carbocycles. The van der Waals surface area contributed by atoms with Gasteiger partial charge in [-0.3, -0.25) is 4.79 Å². The van der Waals surface area contributed by atoms with Gasteiger partial charge in [-0.1, -0.05) is 24.6 Å². The van der Waals surface area contributed by atoms with Crippen molar-refractivity contribution >= 4 is 29.3 Å². The summed E-state index contributed by atoms with van der Waals surface area (Å²) in [4.78, 5) is 12.0. The molecule has 1 atom stereocenters. The van der Waals surface area contributed by atoms with E-state index in [9.17, 15) is 4.79 Å². The minimum absolute atomic E-state index is 0.466. The zero-order chi connectivity index (χ0) is 12.7. The van der Waals surface area contributed by atoms with E-state index in [2.05, 4.69) is 5.32 Å². The second-order valence-corrected chi connectivity index (χ2v) is 5.15. The lowest BCUT2D eigenvalue weighted by Crippen LogP contribution is -2.36. The predicted octanol–water partition coefficient (Wildman–Crippen LogP) is 2.88. The second-order valence-electron chi connectivity index (χ2n) is 3.54. The number of aliphatic carboxylic acids is 1. The SMILES string of the molecule is CCNC(CCSc1cccc(Cl)c1)C(=O)O. The van der Waals surface area contributed by atoms with E-state index >= 15 is 0 Å². The predicted molar refractivity (Wildman–Crippen MR) is 71.9 cm³/mol. The fraction of sp³-hybridized carbons (Fsp3) is 0.417. The number of hydrogen-bond acceptors (Lipinski definition) is 3. The van der Waals surface area contributed by atoms with Crippen LogP contribution in [0.2, 0.25) is 5.02 Å². The highest BCUT2D eigenvalue weighted by Gasteiger charge is 2.15. The Bertz CT molecular complexity index is 373. The maximum absolute atomic E-state index is 10.9. The van der Waals surface area contributed by atoms with Crippen molar-refractivity contribution in [1.82, 2.24) is 5.32 Å². The van der Waals surface area contributed by atoms with E-state index in [1.807, 2.05) is 31.2 Å².